The van der Waals surface area contributed by atoms with Crippen molar-refractivity contribution in [2.45, 2.75) is 44.1 Å². The highest BCUT2D eigenvalue weighted by Crippen LogP contribution is 2.39. The number of alkyl halides is 6. The fraction of sp³-hybridized carbons (Fsp3) is 0.417. The number of ether oxygens (including phenoxy) is 2. The second-order valence-corrected chi connectivity index (χ2v) is 8.76. The summed E-state index contributed by atoms with van der Waals surface area (Å²) in [6.07, 6.45) is -12.0. The second kappa shape index (κ2) is 10.9. The van der Waals surface area contributed by atoms with E-state index in [1.807, 2.05) is 4.90 Å². The van der Waals surface area contributed by atoms with Gasteiger partial charge in [-0.25, -0.2) is 14.3 Å². The maximum absolute atomic E-state index is 13.6. The van der Waals surface area contributed by atoms with Crippen molar-refractivity contribution in [3.05, 3.63) is 86.8 Å². The predicted octanol–water partition coefficient (Wildman–Crippen LogP) is 4.99. The summed E-state index contributed by atoms with van der Waals surface area (Å²) in [6.45, 7) is 2.19. The number of hydrogen-bond acceptors (Lipinski definition) is 5. The van der Waals surface area contributed by atoms with E-state index >= 15 is 0 Å². The zero-order chi connectivity index (χ0) is 27.7. The molecule has 38 heavy (non-hydrogen) atoms. The molecule has 3 aromatic rings. The summed E-state index contributed by atoms with van der Waals surface area (Å²) in [7, 11) is 0. The Morgan fingerprint density at radius 1 is 1.08 bits per heavy atom. The van der Waals surface area contributed by atoms with Crippen LogP contribution in [0.15, 0.2) is 47.3 Å². The fourth-order valence-electron chi connectivity index (χ4n) is 4.25. The van der Waals surface area contributed by atoms with Crippen LogP contribution in [0.25, 0.3) is 0 Å². The Morgan fingerprint density at radius 2 is 1.71 bits per heavy atom. The molecule has 14 heteroatoms. The zero-order valence-electron chi connectivity index (χ0n) is 19.9. The third kappa shape index (κ3) is 6.60. The van der Waals surface area contributed by atoms with Crippen LogP contribution in [0, 0.1) is 5.82 Å². The first kappa shape index (κ1) is 27.8. The van der Waals surface area contributed by atoms with E-state index < -0.39 is 53.4 Å². The van der Waals surface area contributed by atoms with Gasteiger partial charge in [-0.05, 0) is 48.4 Å². The van der Waals surface area contributed by atoms with Gasteiger partial charge in [-0.1, -0.05) is 12.1 Å². The highest BCUT2D eigenvalue weighted by Gasteiger charge is 2.39. The summed E-state index contributed by atoms with van der Waals surface area (Å²) < 4.78 is 105. The van der Waals surface area contributed by atoms with E-state index in [4.69, 9.17) is 9.47 Å². The van der Waals surface area contributed by atoms with Crippen molar-refractivity contribution in [3.8, 4) is 0 Å². The van der Waals surface area contributed by atoms with Crippen molar-refractivity contribution >= 4 is 0 Å². The third-order valence-electron chi connectivity index (χ3n) is 6.13. The molecule has 7 nitrogen and oxygen atoms in total. The molecule has 3 atom stereocenters. The normalized spacial score (nSPS) is 20.0. The molecule has 1 aliphatic rings. The fourth-order valence-corrected chi connectivity index (χ4v) is 4.25. The topological polar surface area (TPSA) is 83.2 Å². The third-order valence-corrected chi connectivity index (χ3v) is 6.13. The van der Waals surface area contributed by atoms with Crippen LogP contribution in [0.3, 0.4) is 0 Å². The summed E-state index contributed by atoms with van der Waals surface area (Å²) in [5, 5.41) is 6.11. The van der Waals surface area contributed by atoms with Crippen molar-refractivity contribution in [1.29, 1.82) is 0 Å². The lowest BCUT2D eigenvalue weighted by Crippen LogP contribution is -2.47. The van der Waals surface area contributed by atoms with Gasteiger partial charge in [-0.15, -0.1) is 0 Å². The number of nitrogens with one attached hydrogen (secondary N) is 2. The summed E-state index contributed by atoms with van der Waals surface area (Å²) in [5.74, 6) is -0.116. The monoisotopic (exact) mass is 548 g/mol. The molecule has 0 radical (unpaired) electrons. The van der Waals surface area contributed by atoms with Gasteiger partial charge in [-0.2, -0.15) is 31.4 Å². The van der Waals surface area contributed by atoms with E-state index in [1.165, 1.54) is 31.2 Å². The first-order chi connectivity index (χ1) is 17.8. The van der Waals surface area contributed by atoms with Crippen LogP contribution >= 0.6 is 0 Å². The molecule has 0 aliphatic carbocycles. The Morgan fingerprint density at radius 3 is 2.26 bits per heavy atom. The maximum Gasteiger partial charge on any atom is 0.416 e. The van der Waals surface area contributed by atoms with Gasteiger partial charge < -0.3 is 9.47 Å². The van der Waals surface area contributed by atoms with Crippen LogP contribution < -0.4 is 5.69 Å². The van der Waals surface area contributed by atoms with E-state index in [-0.39, 0.29) is 18.2 Å². The Labute approximate surface area is 211 Å². The van der Waals surface area contributed by atoms with Gasteiger partial charge in [0.05, 0.1) is 29.9 Å². The first-order valence-electron chi connectivity index (χ1n) is 11.5. The number of nitrogens with zero attached hydrogens (tertiary/aromatic N) is 2. The lowest BCUT2D eigenvalue weighted by molar-refractivity contribution is -0.229. The van der Waals surface area contributed by atoms with Gasteiger partial charge in [-0.3, -0.25) is 9.88 Å². The second-order valence-electron chi connectivity index (χ2n) is 8.76. The standard InChI is InChI=1S/C24H23F7N4O3/c1-13(15-10-16(23(26,27)28)12-17(11-15)24(29,30)31)38-21-20(14-2-4-18(25)5-3-14)35(8-9-37-21)7-6-19-32-22(36)34-33-19/h2-5,10-13,20-21H,6-9H2,1H3,(H2,32,33,34,36)/t13-,20+,21-/m1/s1. The summed E-state index contributed by atoms with van der Waals surface area (Å²) in [6, 6.07) is 6.01. The van der Waals surface area contributed by atoms with Crippen molar-refractivity contribution in [3.63, 3.8) is 0 Å². The number of hydrogen-bond donors (Lipinski definition) is 2. The van der Waals surface area contributed by atoms with Gasteiger partial charge in [0.25, 0.3) is 0 Å². The average molecular weight is 548 g/mol. The average Bonchev–Trinajstić information content (AvgIpc) is 3.27. The molecular formula is C24H23F7N4O3. The smallest absolute Gasteiger partial charge is 0.349 e. The Balaban J connectivity index is 1.62. The van der Waals surface area contributed by atoms with Crippen LogP contribution in [0.1, 0.15) is 47.1 Å². The molecule has 0 spiro atoms. The van der Waals surface area contributed by atoms with Crippen LogP contribution in [0.5, 0.6) is 0 Å². The lowest BCUT2D eigenvalue weighted by atomic mass is 10.0. The van der Waals surface area contributed by atoms with Crippen molar-refractivity contribution in [2.75, 3.05) is 19.7 Å². The van der Waals surface area contributed by atoms with Crippen LogP contribution in [0.4, 0.5) is 30.7 Å². The summed E-state index contributed by atoms with van der Waals surface area (Å²) in [5.41, 5.74) is -3.16. The number of halogens is 7. The molecule has 1 aliphatic heterocycles. The molecule has 1 aromatic heterocycles. The van der Waals surface area contributed by atoms with Gasteiger partial charge >= 0.3 is 18.0 Å². The van der Waals surface area contributed by atoms with E-state index in [0.29, 0.717) is 43.0 Å². The number of H-pyrrole nitrogens is 2. The van der Waals surface area contributed by atoms with E-state index in [9.17, 15) is 35.5 Å². The minimum absolute atomic E-state index is 0.0513. The molecule has 1 fully saturated rings. The van der Waals surface area contributed by atoms with Crippen molar-refractivity contribution in [1.82, 2.24) is 20.1 Å². The van der Waals surface area contributed by atoms with Gasteiger partial charge in [0.15, 0.2) is 6.29 Å². The van der Waals surface area contributed by atoms with E-state index in [2.05, 4.69) is 15.2 Å². The van der Waals surface area contributed by atoms with Crippen LogP contribution in [-0.4, -0.2) is 46.1 Å². The molecule has 2 N–H and O–H groups in total. The predicted molar refractivity (Wildman–Crippen MR) is 119 cm³/mol. The molecule has 0 amide bonds. The quantitative estimate of drug-likeness (QED) is 0.407. The number of aromatic amines is 2. The molecule has 1 saturated heterocycles. The SMILES string of the molecule is C[C@@H](O[C@H]1OCCN(CCc2n[nH]c(=O)[nH]2)[C@H]1c1ccc(F)cc1)c1cc(C(F)(F)F)cc(C(F)(F)F)c1. The Kier molecular flexibility index (Phi) is 7.95. The van der Waals surface area contributed by atoms with Crippen LogP contribution in [-0.2, 0) is 28.2 Å². The molecule has 0 saturated carbocycles. The lowest BCUT2D eigenvalue weighted by Gasteiger charge is -2.42. The number of benzene rings is 2. The number of aromatic nitrogens is 3. The van der Waals surface area contributed by atoms with Crippen molar-refractivity contribution in [2.24, 2.45) is 0 Å². The van der Waals surface area contributed by atoms with Gasteiger partial charge in [0, 0.05) is 19.5 Å². The molecule has 4 rings (SSSR count). The number of rotatable bonds is 7. The summed E-state index contributed by atoms with van der Waals surface area (Å²) in [4.78, 5) is 15.8. The van der Waals surface area contributed by atoms with Crippen molar-refractivity contribution < 1.29 is 40.2 Å². The van der Waals surface area contributed by atoms with Gasteiger partial charge in [0.1, 0.15) is 11.6 Å². The Hall–Kier alpha value is -3.23. The maximum atomic E-state index is 13.6. The summed E-state index contributed by atoms with van der Waals surface area (Å²) >= 11 is 0. The highest BCUT2D eigenvalue weighted by atomic mass is 19.4. The van der Waals surface area contributed by atoms with Crippen LogP contribution in [0.2, 0.25) is 0 Å². The number of morpholine rings is 1. The van der Waals surface area contributed by atoms with E-state index in [1.54, 1.807) is 0 Å². The molecule has 206 valence electrons. The first-order valence-corrected chi connectivity index (χ1v) is 11.5. The largest absolute Gasteiger partial charge is 0.416 e. The van der Waals surface area contributed by atoms with Gasteiger partial charge in [0.2, 0.25) is 0 Å². The zero-order valence-corrected chi connectivity index (χ0v) is 19.9. The van der Waals surface area contributed by atoms with E-state index in [0.717, 1.165) is 0 Å². The molecule has 2 heterocycles. The highest BCUT2D eigenvalue weighted by molar-refractivity contribution is 5.34. The molecule has 0 bridgehead atoms. The minimum atomic E-state index is -5.00. The molecule has 2 aromatic carbocycles. The molecule has 0 unspecified atom stereocenters. The molecular weight excluding hydrogens is 525 g/mol. The Bertz CT molecular complexity index is 1260. The minimum Gasteiger partial charge on any atom is -0.349 e.